The highest BCUT2D eigenvalue weighted by Gasteiger charge is 2.47. The van der Waals surface area contributed by atoms with Gasteiger partial charge in [0.25, 0.3) is 11.8 Å². The summed E-state index contributed by atoms with van der Waals surface area (Å²) in [7, 11) is 0. The fraction of sp³-hybridized carbons (Fsp3) is 0.238. The lowest BCUT2D eigenvalue weighted by atomic mass is 9.85. The minimum absolute atomic E-state index is 0.330. The van der Waals surface area contributed by atoms with Gasteiger partial charge in [0, 0.05) is 12.4 Å². The van der Waals surface area contributed by atoms with Crippen molar-refractivity contribution in [2.24, 2.45) is 11.8 Å². The number of hydrazine groups is 1. The molecule has 2 heterocycles. The summed E-state index contributed by atoms with van der Waals surface area (Å²) in [6.45, 7) is -0.413. The summed E-state index contributed by atoms with van der Waals surface area (Å²) in [5.41, 5.74) is 5.68. The molecule has 2 aromatic rings. The lowest BCUT2D eigenvalue weighted by Crippen LogP contribution is -2.48. The van der Waals surface area contributed by atoms with Crippen LogP contribution in [0, 0.1) is 11.8 Å². The van der Waals surface area contributed by atoms with E-state index in [2.05, 4.69) is 10.9 Å². The third kappa shape index (κ3) is 3.56. The summed E-state index contributed by atoms with van der Waals surface area (Å²) < 4.78 is 1.79. The van der Waals surface area contributed by atoms with Crippen LogP contribution in [-0.2, 0) is 14.4 Å². The molecule has 1 aliphatic carbocycles. The molecule has 2 N–H and O–H groups in total. The Morgan fingerprint density at radius 2 is 1.52 bits per heavy atom. The van der Waals surface area contributed by atoms with Gasteiger partial charge in [-0.2, -0.15) is 0 Å². The fourth-order valence-electron chi connectivity index (χ4n) is 3.79. The number of hydrogen-bond donors (Lipinski definition) is 2. The summed E-state index contributed by atoms with van der Waals surface area (Å²) in [6, 6.07) is 10.6. The number of nitrogens with one attached hydrogen (secondary N) is 2. The number of para-hydroxylation sites is 1. The Labute approximate surface area is 167 Å². The number of allylic oxidation sites excluding steroid dienone is 2. The van der Waals surface area contributed by atoms with Gasteiger partial charge in [-0.1, -0.05) is 24.3 Å². The summed E-state index contributed by atoms with van der Waals surface area (Å²) >= 11 is 0. The second-order valence-electron chi connectivity index (χ2n) is 7.03. The Morgan fingerprint density at radius 1 is 0.897 bits per heavy atom. The molecule has 1 saturated heterocycles. The van der Waals surface area contributed by atoms with Crippen LogP contribution in [0.3, 0.4) is 0 Å². The van der Waals surface area contributed by atoms with Gasteiger partial charge in [-0.3, -0.25) is 34.9 Å². The highest BCUT2D eigenvalue weighted by Crippen LogP contribution is 2.34. The van der Waals surface area contributed by atoms with Gasteiger partial charge in [-0.05, 0) is 37.1 Å². The largest absolute Gasteiger partial charge is 0.323 e. The van der Waals surface area contributed by atoms with E-state index in [1.165, 1.54) is 0 Å². The molecular formula is C21H20N4O4. The van der Waals surface area contributed by atoms with Crippen molar-refractivity contribution in [1.82, 2.24) is 20.3 Å². The Bertz CT molecular complexity index is 970. The molecule has 0 saturated carbocycles. The monoisotopic (exact) mass is 392 g/mol. The first-order valence-electron chi connectivity index (χ1n) is 9.38. The highest BCUT2D eigenvalue weighted by molar-refractivity contribution is 6.07. The molecule has 4 amide bonds. The van der Waals surface area contributed by atoms with Crippen LogP contribution in [0.1, 0.15) is 23.2 Å². The normalized spacial score (nSPS) is 20.5. The van der Waals surface area contributed by atoms with Crippen molar-refractivity contribution in [3.63, 3.8) is 0 Å². The number of hydrogen-bond acceptors (Lipinski definition) is 4. The molecule has 2 aliphatic rings. The van der Waals surface area contributed by atoms with Crippen molar-refractivity contribution in [3.05, 3.63) is 66.5 Å². The number of nitrogens with zero attached hydrogens (tertiary/aromatic N) is 2. The number of fused-ring (bicyclic) bond motifs is 1. The molecule has 1 aromatic heterocycles. The maximum Gasteiger partial charge on any atom is 0.271 e. The molecule has 148 valence electrons. The van der Waals surface area contributed by atoms with Crippen molar-refractivity contribution < 1.29 is 19.2 Å². The highest BCUT2D eigenvalue weighted by atomic mass is 16.2. The van der Waals surface area contributed by atoms with Crippen LogP contribution in [0.4, 0.5) is 0 Å². The zero-order valence-electron chi connectivity index (χ0n) is 15.6. The van der Waals surface area contributed by atoms with Crippen molar-refractivity contribution in [2.45, 2.75) is 12.8 Å². The van der Waals surface area contributed by atoms with E-state index in [0.29, 0.717) is 24.1 Å². The van der Waals surface area contributed by atoms with Gasteiger partial charge in [-0.25, -0.2) is 0 Å². The molecule has 0 radical (unpaired) electrons. The van der Waals surface area contributed by atoms with Crippen LogP contribution in [0.5, 0.6) is 0 Å². The second-order valence-corrected chi connectivity index (χ2v) is 7.03. The van der Waals surface area contributed by atoms with E-state index in [1.54, 1.807) is 22.8 Å². The van der Waals surface area contributed by atoms with E-state index in [0.717, 1.165) is 4.90 Å². The number of likely N-dealkylation sites (tertiary alicyclic amines) is 1. The molecule has 1 aliphatic heterocycles. The van der Waals surface area contributed by atoms with Crippen LogP contribution in [0.25, 0.3) is 5.69 Å². The van der Waals surface area contributed by atoms with E-state index in [9.17, 15) is 19.2 Å². The quantitative estimate of drug-likeness (QED) is 0.464. The number of imide groups is 1. The van der Waals surface area contributed by atoms with Crippen LogP contribution < -0.4 is 10.9 Å². The Morgan fingerprint density at radius 3 is 2.17 bits per heavy atom. The summed E-state index contributed by atoms with van der Waals surface area (Å²) in [6.07, 6.45) is 8.42. The number of rotatable bonds is 4. The minimum atomic E-state index is -0.634. The van der Waals surface area contributed by atoms with Gasteiger partial charge in [0.2, 0.25) is 11.8 Å². The molecule has 2 atom stereocenters. The molecule has 0 bridgehead atoms. The zero-order chi connectivity index (χ0) is 20.4. The van der Waals surface area contributed by atoms with Crippen LogP contribution in [0.2, 0.25) is 0 Å². The molecule has 1 aromatic carbocycles. The number of amides is 4. The third-order valence-corrected chi connectivity index (χ3v) is 5.25. The maximum absolute atomic E-state index is 12.5. The first kappa shape index (κ1) is 18.7. The topological polar surface area (TPSA) is 101 Å². The summed E-state index contributed by atoms with van der Waals surface area (Å²) in [5, 5.41) is 0. The van der Waals surface area contributed by atoms with Gasteiger partial charge in [0.05, 0.1) is 23.1 Å². The van der Waals surface area contributed by atoms with Gasteiger partial charge in [-0.15, -0.1) is 0 Å². The van der Waals surface area contributed by atoms with E-state index in [1.807, 2.05) is 42.7 Å². The van der Waals surface area contributed by atoms with Crippen molar-refractivity contribution in [2.75, 3.05) is 6.54 Å². The maximum atomic E-state index is 12.5. The average molecular weight is 392 g/mol. The smallest absolute Gasteiger partial charge is 0.271 e. The summed E-state index contributed by atoms with van der Waals surface area (Å²) in [4.78, 5) is 50.6. The molecule has 0 spiro atoms. The van der Waals surface area contributed by atoms with Crippen LogP contribution in [-0.4, -0.2) is 39.6 Å². The van der Waals surface area contributed by atoms with Crippen molar-refractivity contribution >= 4 is 23.6 Å². The van der Waals surface area contributed by atoms with Crippen molar-refractivity contribution in [1.29, 1.82) is 0 Å². The Kier molecular flexibility index (Phi) is 4.99. The Hall–Kier alpha value is -3.68. The predicted octanol–water partition coefficient (Wildman–Crippen LogP) is 1.19. The predicted molar refractivity (Wildman–Crippen MR) is 103 cm³/mol. The zero-order valence-corrected chi connectivity index (χ0v) is 15.6. The van der Waals surface area contributed by atoms with Gasteiger partial charge < -0.3 is 4.57 Å². The third-order valence-electron chi connectivity index (χ3n) is 5.25. The van der Waals surface area contributed by atoms with E-state index < -0.39 is 18.4 Å². The molecule has 29 heavy (non-hydrogen) atoms. The number of carbonyl (C=O) groups excluding carboxylic acids is 4. The SMILES string of the molecule is O=C(CN1C(=O)[C@H]2CC=CC[C@@H]2C1=O)NNC(=O)c1ccccc1-n1cccc1. The van der Waals surface area contributed by atoms with Gasteiger partial charge in [0.1, 0.15) is 6.54 Å². The second kappa shape index (κ2) is 7.75. The molecule has 8 heteroatoms. The van der Waals surface area contributed by atoms with Crippen molar-refractivity contribution in [3.8, 4) is 5.69 Å². The van der Waals surface area contributed by atoms with Crippen LogP contribution >= 0.6 is 0 Å². The first-order valence-corrected chi connectivity index (χ1v) is 9.38. The number of benzene rings is 1. The molecule has 0 unspecified atom stereocenters. The lowest BCUT2D eigenvalue weighted by Gasteiger charge is -2.15. The molecule has 4 rings (SSSR count). The fourth-order valence-corrected chi connectivity index (χ4v) is 3.79. The molecule has 8 nitrogen and oxygen atoms in total. The van der Waals surface area contributed by atoms with Crippen LogP contribution in [0.15, 0.2) is 60.9 Å². The molecular weight excluding hydrogens is 372 g/mol. The average Bonchev–Trinajstić information content (AvgIpc) is 3.36. The number of carbonyl (C=O) groups is 4. The van der Waals surface area contributed by atoms with E-state index in [4.69, 9.17) is 0 Å². The summed E-state index contributed by atoms with van der Waals surface area (Å²) in [5.74, 6) is -2.57. The lowest BCUT2D eigenvalue weighted by molar-refractivity contribution is -0.143. The minimum Gasteiger partial charge on any atom is -0.323 e. The van der Waals surface area contributed by atoms with Gasteiger partial charge >= 0.3 is 0 Å². The standard InChI is InChI=1S/C21H20N4O4/c26-18(13-25-20(28)14-7-1-2-8-15(14)21(25)29)22-23-19(27)16-9-3-4-10-17(16)24-11-5-6-12-24/h1-6,9-12,14-15H,7-8,13H2,(H,22,26)(H,23,27)/t14-,15-/m0/s1. The molecule has 1 fully saturated rings. The Balaban J connectivity index is 1.38. The number of aromatic nitrogens is 1. The first-order chi connectivity index (χ1) is 14.1. The van der Waals surface area contributed by atoms with Gasteiger partial charge in [0.15, 0.2) is 0 Å². The van der Waals surface area contributed by atoms with E-state index in [-0.39, 0.29) is 23.7 Å². The van der Waals surface area contributed by atoms with E-state index >= 15 is 0 Å².